The molecule has 0 saturated heterocycles. The van der Waals surface area contributed by atoms with Crippen molar-refractivity contribution in [1.82, 2.24) is 19.7 Å². The van der Waals surface area contributed by atoms with E-state index in [9.17, 15) is 0 Å². The van der Waals surface area contributed by atoms with Crippen LogP contribution in [0.2, 0.25) is 0 Å². The van der Waals surface area contributed by atoms with Gasteiger partial charge < -0.3 is 0 Å². The molecule has 2 aromatic rings. The largest absolute Gasteiger partial charge is 0.294 e. The van der Waals surface area contributed by atoms with E-state index < -0.39 is 0 Å². The molecule has 3 rings (SSSR count). The number of aromatic nitrogens is 4. The molecule has 0 radical (unpaired) electrons. The molecule has 0 atom stereocenters. The number of hydrogen-bond donors (Lipinski definition) is 1. The van der Waals surface area contributed by atoms with Crippen LogP contribution in [0.4, 0.5) is 0 Å². The first-order valence-corrected chi connectivity index (χ1v) is 6.76. The SMILES string of the molecule is CCC1(n2c(-c3cccnc3)n[nH]c2=S)CCC1. The van der Waals surface area contributed by atoms with Gasteiger partial charge in [-0.3, -0.25) is 14.6 Å². The monoisotopic (exact) mass is 260 g/mol. The molecule has 0 unspecified atom stereocenters. The fourth-order valence-electron chi connectivity index (χ4n) is 2.75. The van der Waals surface area contributed by atoms with Crippen LogP contribution in [0.1, 0.15) is 32.6 Å². The highest BCUT2D eigenvalue weighted by molar-refractivity contribution is 7.71. The summed E-state index contributed by atoms with van der Waals surface area (Å²) in [6.07, 6.45) is 8.34. The summed E-state index contributed by atoms with van der Waals surface area (Å²) in [4.78, 5) is 4.16. The minimum Gasteiger partial charge on any atom is -0.294 e. The molecule has 0 spiro atoms. The van der Waals surface area contributed by atoms with Gasteiger partial charge in [0.15, 0.2) is 10.6 Å². The van der Waals surface area contributed by atoms with E-state index in [0.29, 0.717) is 0 Å². The molecule has 94 valence electrons. The molecule has 0 aliphatic heterocycles. The molecule has 0 aromatic carbocycles. The lowest BCUT2D eigenvalue weighted by molar-refractivity contribution is 0.136. The number of aromatic amines is 1. The van der Waals surface area contributed by atoms with Gasteiger partial charge in [-0.1, -0.05) is 6.92 Å². The Kier molecular flexibility index (Phi) is 2.78. The molecule has 2 aromatic heterocycles. The van der Waals surface area contributed by atoms with E-state index >= 15 is 0 Å². The van der Waals surface area contributed by atoms with E-state index in [1.807, 2.05) is 18.3 Å². The van der Waals surface area contributed by atoms with Gasteiger partial charge in [-0.2, -0.15) is 5.10 Å². The Bertz CT molecular complexity index is 589. The highest BCUT2D eigenvalue weighted by Gasteiger charge is 2.39. The molecule has 18 heavy (non-hydrogen) atoms. The molecular weight excluding hydrogens is 244 g/mol. The van der Waals surface area contributed by atoms with Gasteiger partial charge in [0.05, 0.1) is 0 Å². The van der Waals surface area contributed by atoms with E-state index in [4.69, 9.17) is 12.2 Å². The van der Waals surface area contributed by atoms with Gasteiger partial charge >= 0.3 is 0 Å². The Morgan fingerprint density at radius 2 is 2.33 bits per heavy atom. The van der Waals surface area contributed by atoms with Crippen LogP contribution in [-0.2, 0) is 5.54 Å². The van der Waals surface area contributed by atoms with Crippen LogP contribution in [0, 0.1) is 4.77 Å². The second-order valence-electron chi connectivity index (χ2n) is 4.86. The first-order valence-electron chi connectivity index (χ1n) is 6.35. The normalized spacial score (nSPS) is 17.4. The lowest BCUT2D eigenvalue weighted by atomic mass is 9.74. The Labute approximate surface area is 111 Å². The number of rotatable bonds is 3. The van der Waals surface area contributed by atoms with Gasteiger partial charge in [-0.05, 0) is 50.0 Å². The molecule has 4 nitrogen and oxygen atoms in total. The highest BCUT2D eigenvalue weighted by Crippen LogP contribution is 2.44. The van der Waals surface area contributed by atoms with Gasteiger partial charge in [0, 0.05) is 23.5 Å². The summed E-state index contributed by atoms with van der Waals surface area (Å²) in [6, 6.07) is 3.95. The Morgan fingerprint density at radius 3 is 2.89 bits per heavy atom. The zero-order valence-electron chi connectivity index (χ0n) is 10.4. The van der Waals surface area contributed by atoms with Crippen molar-refractivity contribution in [3.8, 4) is 11.4 Å². The van der Waals surface area contributed by atoms with E-state index in [1.165, 1.54) is 19.3 Å². The summed E-state index contributed by atoms with van der Waals surface area (Å²) in [5.41, 5.74) is 1.18. The van der Waals surface area contributed by atoms with E-state index in [-0.39, 0.29) is 5.54 Å². The zero-order chi connectivity index (χ0) is 12.6. The van der Waals surface area contributed by atoms with Gasteiger partial charge in [-0.25, -0.2) is 0 Å². The van der Waals surface area contributed by atoms with Crippen LogP contribution in [0.5, 0.6) is 0 Å². The minimum absolute atomic E-state index is 0.162. The summed E-state index contributed by atoms with van der Waals surface area (Å²) in [6.45, 7) is 2.22. The molecule has 0 bridgehead atoms. The van der Waals surface area contributed by atoms with Crippen molar-refractivity contribution in [2.45, 2.75) is 38.1 Å². The van der Waals surface area contributed by atoms with Crippen LogP contribution < -0.4 is 0 Å². The lowest BCUT2D eigenvalue weighted by Crippen LogP contribution is -2.40. The Hall–Kier alpha value is -1.49. The molecular formula is C13H16N4S. The average Bonchev–Trinajstić information content (AvgIpc) is 2.73. The van der Waals surface area contributed by atoms with Gasteiger partial charge in [-0.15, -0.1) is 0 Å². The minimum atomic E-state index is 0.162. The van der Waals surface area contributed by atoms with Crippen LogP contribution >= 0.6 is 12.2 Å². The maximum atomic E-state index is 5.41. The summed E-state index contributed by atoms with van der Waals surface area (Å²) in [5.74, 6) is 0.912. The maximum Gasteiger partial charge on any atom is 0.195 e. The molecule has 5 heteroatoms. The third-order valence-electron chi connectivity index (χ3n) is 4.01. The summed E-state index contributed by atoms with van der Waals surface area (Å²) >= 11 is 5.41. The third kappa shape index (κ3) is 1.61. The highest BCUT2D eigenvalue weighted by atomic mass is 32.1. The quantitative estimate of drug-likeness (QED) is 0.861. The number of hydrogen-bond acceptors (Lipinski definition) is 3. The van der Waals surface area contributed by atoms with Gasteiger partial charge in [0.2, 0.25) is 0 Å². The third-order valence-corrected chi connectivity index (χ3v) is 4.28. The molecule has 0 amide bonds. The first kappa shape index (κ1) is 11.6. The second kappa shape index (κ2) is 4.31. The zero-order valence-corrected chi connectivity index (χ0v) is 11.2. The van der Waals surface area contributed by atoms with Crippen molar-refractivity contribution in [3.63, 3.8) is 0 Å². The van der Waals surface area contributed by atoms with Crippen molar-refractivity contribution in [2.75, 3.05) is 0 Å². The summed E-state index contributed by atoms with van der Waals surface area (Å²) in [5, 5.41) is 7.32. The van der Waals surface area contributed by atoms with E-state index in [0.717, 1.165) is 22.6 Å². The van der Waals surface area contributed by atoms with Gasteiger partial charge in [0.1, 0.15) is 0 Å². The first-order chi connectivity index (χ1) is 8.77. The Morgan fingerprint density at radius 1 is 1.50 bits per heavy atom. The van der Waals surface area contributed by atoms with Crippen molar-refractivity contribution in [3.05, 3.63) is 29.3 Å². The molecule has 1 aliphatic rings. The van der Waals surface area contributed by atoms with E-state index in [1.54, 1.807) is 6.20 Å². The number of nitrogens with zero attached hydrogens (tertiary/aromatic N) is 3. The molecule has 1 fully saturated rings. The smallest absolute Gasteiger partial charge is 0.195 e. The summed E-state index contributed by atoms with van der Waals surface area (Å²) in [7, 11) is 0. The van der Waals surface area contributed by atoms with Crippen LogP contribution in [0.25, 0.3) is 11.4 Å². The fraction of sp³-hybridized carbons (Fsp3) is 0.462. The van der Waals surface area contributed by atoms with Crippen LogP contribution in [-0.4, -0.2) is 19.7 Å². The molecule has 2 heterocycles. The topological polar surface area (TPSA) is 46.5 Å². The fourth-order valence-corrected chi connectivity index (χ4v) is 3.07. The Balaban J connectivity index is 2.16. The average molecular weight is 260 g/mol. The lowest BCUT2D eigenvalue weighted by Gasteiger charge is -2.43. The summed E-state index contributed by atoms with van der Waals surface area (Å²) < 4.78 is 2.92. The van der Waals surface area contributed by atoms with Crippen LogP contribution in [0.3, 0.4) is 0 Å². The standard InChI is InChI=1S/C13H16N4S/c1-2-13(6-4-7-13)17-11(15-16-12(17)18)10-5-3-8-14-9-10/h3,5,8-9H,2,4,6-7H2,1H3,(H,16,18). The number of H-pyrrole nitrogens is 1. The molecule has 1 saturated carbocycles. The molecule has 1 aliphatic carbocycles. The molecule has 1 N–H and O–H groups in total. The second-order valence-corrected chi connectivity index (χ2v) is 5.25. The van der Waals surface area contributed by atoms with Gasteiger partial charge in [0.25, 0.3) is 0 Å². The van der Waals surface area contributed by atoms with Crippen molar-refractivity contribution < 1.29 is 0 Å². The van der Waals surface area contributed by atoms with Crippen molar-refractivity contribution in [2.24, 2.45) is 0 Å². The number of nitrogens with one attached hydrogen (secondary N) is 1. The van der Waals surface area contributed by atoms with E-state index in [2.05, 4.69) is 26.7 Å². The van der Waals surface area contributed by atoms with Crippen molar-refractivity contribution >= 4 is 12.2 Å². The number of pyridine rings is 1. The maximum absolute atomic E-state index is 5.41. The van der Waals surface area contributed by atoms with Crippen molar-refractivity contribution in [1.29, 1.82) is 0 Å². The predicted octanol–water partition coefficient (Wildman–Crippen LogP) is 3.29. The van der Waals surface area contributed by atoms with Crippen LogP contribution in [0.15, 0.2) is 24.5 Å². The predicted molar refractivity (Wildman–Crippen MR) is 72.8 cm³/mol.